The van der Waals surface area contributed by atoms with Crippen molar-refractivity contribution in [2.75, 3.05) is 18.4 Å². The molecule has 1 aliphatic rings. The van der Waals surface area contributed by atoms with Gasteiger partial charge in [0, 0.05) is 28.6 Å². The molecule has 1 aromatic carbocycles. The van der Waals surface area contributed by atoms with Crippen LogP contribution < -0.4 is 5.32 Å². The van der Waals surface area contributed by atoms with Crippen molar-refractivity contribution in [3.63, 3.8) is 0 Å². The second-order valence-electron chi connectivity index (χ2n) is 6.99. The van der Waals surface area contributed by atoms with Crippen LogP contribution in [-0.4, -0.2) is 34.8 Å². The summed E-state index contributed by atoms with van der Waals surface area (Å²) in [5.41, 5.74) is 1.81. The smallest absolute Gasteiger partial charge is 0.263 e. The third-order valence-electron chi connectivity index (χ3n) is 4.96. The number of carbonyl (C=O) groups is 2. The van der Waals surface area contributed by atoms with Crippen molar-refractivity contribution >= 4 is 51.2 Å². The lowest BCUT2D eigenvalue weighted by Gasteiger charge is -2.31. The summed E-state index contributed by atoms with van der Waals surface area (Å²) in [6.45, 7) is 3.12. The molecule has 4 rings (SSSR count). The van der Waals surface area contributed by atoms with Crippen molar-refractivity contribution in [1.82, 2.24) is 9.88 Å². The maximum absolute atomic E-state index is 12.8. The van der Waals surface area contributed by atoms with E-state index in [1.807, 2.05) is 48.7 Å². The number of piperidine rings is 1. The quantitative estimate of drug-likeness (QED) is 0.590. The molecule has 8 heteroatoms. The van der Waals surface area contributed by atoms with E-state index in [0.29, 0.717) is 28.1 Å². The molecule has 0 radical (unpaired) electrons. The van der Waals surface area contributed by atoms with Gasteiger partial charge in [0.25, 0.3) is 5.91 Å². The van der Waals surface area contributed by atoms with Crippen molar-refractivity contribution < 1.29 is 9.59 Å². The lowest BCUT2D eigenvalue weighted by molar-refractivity contribution is -0.121. The van der Waals surface area contributed by atoms with Gasteiger partial charge in [0.2, 0.25) is 5.91 Å². The first-order valence-electron chi connectivity index (χ1n) is 9.38. The zero-order valence-corrected chi connectivity index (χ0v) is 18.2. The van der Waals surface area contributed by atoms with Crippen LogP contribution in [0, 0.1) is 12.8 Å². The number of thiazole rings is 1. The SMILES string of the molecule is Cc1sc(NC(=O)C2CCCN(C(=O)c3cccs3)C2)nc1-c1ccc(Cl)cc1. The molecule has 0 spiro atoms. The Labute approximate surface area is 182 Å². The molecule has 1 unspecified atom stereocenters. The van der Waals surface area contributed by atoms with Gasteiger partial charge in [-0.3, -0.25) is 9.59 Å². The molecule has 2 aromatic heterocycles. The Morgan fingerprint density at radius 1 is 1.24 bits per heavy atom. The van der Waals surface area contributed by atoms with Gasteiger partial charge in [-0.25, -0.2) is 4.98 Å². The van der Waals surface area contributed by atoms with Gasteiger partial charge in [0.05, 0.1) is 16.5 Å². The second kappa shape index (κ2) is 8.65. The predicted octanol–water partition coefficient (Wildman–Crippen LogP) is 5.32. The summed E-state index contributed by atoms with van der Waals surface area (Å²) in [5.74, 6) is -0.298. The van der Waals surface area contributed by atoms with Gasteiger partial charge < -0.3 is 10.2 Å². The third-order valence-corrected chi connectivity index (χ3v) is 6.95. The minimum absolute atomic E-state index is 0.00705. The van der Waals surface area contributed by atoms with Crippen LogP contribution in [0.25, 0.3) is 11.3 Å². The Morgan fingerprint density at radius 3 is 2.76 bits per heavy atom. The molecule has 1 saturated heterocycles. The molecule has 150 valence electrons. The van der Waals surface area contributed by atoms with Gasteiger partial charge in [0.1, 0.15) is 0 Å². The average Bonchev–Trinajstić information content (AvgIpc) is 3.38. The summed E-state index contributed by atoms with van der Waals surface area (Å²) in [4.78, 5) is 33.6. The Morgan fingerprint density at radius 2 is 2.03 bits per heavy atom. The molecule has 3 aromatic rings. The van der Waals surface area contributed by atoms with Crippen molar-refractivity contribution in [3.05, 3.63) is 56.6 Å². The van der Waals surface area contributed by atoms with Crippen LogP contribution in [0.2, 0.25) is 5.02 Å². The minimum atomic E-state index is -0.226. The van der Waals surface area contributed by atoms with Gasteiger partial charge in [-0.2, -0.15) is 0 Å². The summed E-state index contributed by atoms with van der Waals surface area (Å²) < 4.78 is 0. The molecule has 0 aliphatic carbocycles. The van der Waals surface area contributed by atoms with Crippen LogP contribution in [-0.2, 0) is 4.79 Å². The highest BCUT2D eigenvalue weighted by Crippen LogP contribution is 2.31. The van der Waals surface area contributed by atoms with E-state index >= 15 is 0 Å². The number of anilines is 1. The first-order chi connectivity index (χ1) is 14.0. The summed E-state index contributed by atoms with van der Waals surface area (Å²) in [6.07, 6.45) is 1.59. The van der Waals surface area contributed by atoms with E-state index in [4.69, 9.17) is 11.6 Å². The zero-order valence-electron chi connectivity index (χ0n) is 15.9. The Hall–Kier alpha value is -2.22. The minimum Gasteiger partial charge on any atom is -0.337 e. The summed E-state index contributed by atoms with van der Waals surface area (Å²) in [6, 6.07) is 11.2. The number of amides is 2. The van der Waals surface area contributed by atoms with Gasteiger partial charge >= 0.3 is 0 Å². The average molecular weight is 446 g/mol. The lowest BCUT2D eigenvalue weighted by Crippen LogP contribution is -2.43. The van der Waals surface area contributed by atoms with Crippen LogP contribution in [0.1, 0.15) is 27.4 Å². The number of aromatic nitrogens is 1. The fourth-order valence-electron chi connectivity index (χ4n) is 3.46. The molecule has 29 heavy (non-hydrogen) atoms. The highest BCUT2D eigenvalue weighted by molar-refractivity contribution is 7.16. The molecule has 1 atom stereocenters. The second-order valence-corrected chi connectivity index (χ2v) is 9.57. The molecule has 1 fully saturated rings. The van der Waals surface area contributed by atoms with Crippen molar-refractivity contribution in [1.29, 1.82) is 0 Å². The maximum Gasteiger partial charge on any atom is 0.263 e. The standard InChI is InChI=1S/C21H20ClN3O2S2/c1-13-18(14-6-8-16(22)9-7-14)23-21(29-13)24-19(26)15-4-2-10-25(12-15)20(27)17-5-3-11-28-17/h3,5-9,11,15H,2,4,10,12H2,1H3,(H,23,24,26). The Balaban J connectivity index is 1.43. The number of carbonyl (C=O) groups excluding carboxylic acids is 2. The van der Waals surface area contributed by atoms with E-state index in [1.54, 1.807) is 4.90 Å². The summed E-state index contributed by atoms with van der Waals surface area (Å²) in [5, 5.41) is 6.11. The fourth-order valence-corrected chi connectivity index (χ4v) is 5.12. The number of hydrogen-bond donors (Lipinski definition) is 1. The van der Waals surface area contributed by atoms with Crippen molar-refractivity contribution in [3.8, 4) is 11.3 Å². The number of rotatable bonds is 4. The van der Waals surface area contributed by atoms with E-state index in [2.05, 4.69) is 10.3 Å². The first-order valence-corrected chi connectivity index (χ1v) is 11.5. The number of likely N-dealkylation sites (tertiary alicyclic amines) is 1. The predicted molar refractivity (Wildman–Crippen MR) is 119 cm³/mol. The maximum atomic E-state index is 12.8. The normalized spacial score (nSPS) is 16.6. The number of thiophene rings is 1. The number of halogens is 1. The number of hydrogen-bond acceptors (Lipinski definition) is 5. The zero-order chi connectivity index (χ0) is 20.4. The topological polar surface area (TPSA) is 62.3 Å². The first kappa shape index (κ1) is 20.1. The van der Waals surface area contributed by atoms with Crippen LogP contribution in [0.3, 0.4) is 0 Å². The molecule has 0 bridgehead atoms. The summed E-state index contributed by atoms with van der Waals surface area (Å²) in [7, 11) is 0. The lowest BCUT2D eigenvalue weighted by atomic mass is 9.97. The number of benzene rings is 1. The van der Waals surface area contributed by atoms with Gasteiger partial charge in [-0.15, -0.1) is 22.7 Å². The molecule has 5 nitrogen and oxygen atoms in total. The number of aryl methyl sites for hydroxylation is 1. The van der Waals surface area contributed by atoms with Crippen LogP contribution in [0.5, 0.6) is 0 Å². The molecule has 2 amide bonds. The van der Waals surface area contributed by atoms with Crippen LogP contribution >= 0.6 is 34.3 Å². The van der Waals surface area contributed by atoms with Crippen molar-refractivity contribution in [2.45, 2.75) is 19.8 Å². The highest BCUT2D eigenvalue weighted by atomic mass is 35.5. The van der Waals surface area contributed by atoms with Crippen LogP contribution in [0.15, 0.2) is 41.8 Å². The third kappa shape index (κ3) is 4.52. The molecule has 3 heterocycles. The largest absolute Gasteiger partial charge is 0.337 e. The van der Waals surface area contributed by atoms with E-state index in [9.17, 15) is 9.59 Å². The van der Waals surface area contributed by atoms with Gasteiger partial charge in [-0.05, 0) is 43.3 Å². The van der Waals surface area contributed by atoms with Crippen molar-refractivity contribution in [2.24, 2.45) is 5.92 Å². The van der Waals surface area contributed by atoms with E-state index < -0.39 is 0 Å². The van der Waals surface area contributed by atoms with E-state index in [-0.39, 0.29) is 17.7 Å². The van der Waals surface area contributed by atoms with Gasteiger partial charge in [-0.1, -0.05) is 29.8 Å². The van der Waals surface area contributed by atoms with E-state index in [0.717, 1.165) is 29.0 Å². The molecule has 0 saturated carbocycles. The Kier molecular flexibility index (Phi) is 5.99. The van der Waals surface area contributed by atoms with Gasteiger partial charge in [0.15, 0.2) is 5.13 Å². The van der Waals surface area contributed by atoms with E-state index in [1.165, 1.54) is 22.7 Å². The molecular formula is C21H20ClN3O2S2. The molecule has 1 aliphatic heterocycles. The molecular weight excluding hydrogens is 426 g/mol. The molecule has 1 N–H and O–H groups in total. The Bertz CT molecular complexity index is 1020. The van der Waals surface area contributed by atoms with Crippen LogP contribution in [0.4, 0.5) is 5.13 Å². The summed E-state index contributed by atoms with van der Waals surface area (Å²) >= 11 is 8.85. The highest BCUT2D eigenvalue weighted by Gasteiger charge is 2.29. The number of nitrogens with one attached hydrogen (secondary N) is 1. The number of nitrogens with zero attached hydrogens (tertiary/aromatic N) is 2. The fraction of sp³-hybridized carbons (Fsp3) is 0.286. The monoisotopic (exact) mass is 445 g/mol.